The molecule has 16 heavy (non-hydrogen) atoms. The van der Waals surface area contributed by atoms with E-state index in [9.17, 15) is 9.59 Å². The highest BCUT2D eigenvalue weighted by molar-refractivity contribution is 6.00. The van der Waals surface area contributed by atoms with Crippen LogP contribution in [-0.4, -0.2) is 35.9 Å². The van der Waals surface area contributed by atoms with Crippen LogP contribution in [0.5, 0.6) is 0 Å². The lowest BCUT2D eigenvalue weighted by Gasteiger charge is -2.08. The van der Waals surface area contributed by atoms with Gasteiger partial charge in [-0.3, -0.25) is 9.79 Å². The second-order valence-corrected chi connectivity index (χ2v) is 3.51. The number of carboxylic acid groups (broad SMARTS) is 1. The van der Waals surface area contributed by atoms with Gasteiger partial charge in [0.05, 0.1) is 18.2 Å². The molecule has 0 saturated carbocycles. The van der Waals surface area contributed by atoms with Crippen molar-refractivity contribution in [2.24, 2.45) is 4.99 Å². The van der Waals surface area contributed by atoms with E-state index in [4.69, 9.17) is 9.84 Å². The van der Waals surface area contributed by atoms with Crippen LogP contribution >= 0.6 is 0 Å². The second kappa shape index (κ2) is 5.44. The standard InChI is InChI=1S/C11H15NO4/c1-3-16-11(15)10-7(2)12-6-8(10)4-5-9(13)14/h6-7H,3-5H2,1-2H3,(H,13,14)/t7-/m0/s1. The molecule has 5 heteroatoms. The predicted molar refractivity (Wildman–Crippen MR) is 58.5 cm³/mol. The van der Waals surface area contributed by atoms with Crippen molar-refractivity contribution in [3.8, 4) is 0 Å². The number of carboxylic acids is 1. The molecule has 1 heterocycles. The molecular formula is C11H15NO4. The van der Waals surface area contributed by atoms with Gasteiger partial charge in [-0.15, -0.1) is 0 Å². The molecule has 0 aliphatic carbocycles. The minimum atomic E-state index is -0.885. The number of aliphatic imine (C=N–C) groups is 1. The minimum absolute atomic E-state index is 0.00300. The van der Waals surface area contributed by atoms with Gasteiger partial charge in [0, 0.05) is 12.6 Å². The van der Waals surface area contributed by atoms with E-state index in [2.05, 4.69) is 4.99 Å². The third kappa shape index (κ3) is 2.92. The van der Waals surface area contributed by atoms with E-state index in [1.807, 2.05) is 0 Å². The molecule has 0 bridgehead atoms. The van der Waals surface area contributed by atoms with Gasteiger partial charge in [-0.05, 0) is 25.8 Å². The fourth-order valence-corrected chi connectivity index (χ4v) is 1.57. The smallest absolute Gasteiger partial charge is 0.336 e. The average molecular weight is 225 g/mol. The fraction of sp³-hybridized carbons (Fsp3) is 0.545. The normalized spacial score (nSPS) is 19.0. The lowest BCUT2D eigenvalue weighted by molar-refractivity contribution is -0.139. The minimum Gasteiger partial charge on any atom is -0.481 e. The molecule has 0 spiro atoms. The number of aliphatic carboxylic acids is 1. The van der Waals surface area contributed by atoms with Gasteiger partial charge < -0.3 is 9.84 Å². The van der Waals surface area contributed by atoms with Crippen LogP contribution < -0.4 is 0 Å². The molecule has 88 valence electrons. The van der Waals surface area contributed by atoms with Gasteiger partial charge in [0.2, 0.25) is 0 Å². The van der Waals surface area contributed by atoms with E-state index in [1.165, 1.54) is 0 Å². The third-order valence-corrected chi connectivity index (χ3v) is 2.32. The largest absolute Gasteiger partial charge is 0.481 e. The summed E-state index contributed by atoms with van der Waals surface area (Å²) in [6, 6.07) is -0.233. The lowest BCUT2D eigenvalue weighted by Crippen LogP contribution is -2.16. The highest BCUT2D eigenvalue weighted by Gasteiger charge is 2.25. The Morgan fingerprint density at radius 1 is 1.56 bits per heavy atom. The molecule has 5 nitrogen and oxygen atoms in total. The van der Waals surface area contributed by atoms with E-state index >= 15 is 0 Å². The molecule has 1 aliphatic rings. The van der Waals surface area contributed by atoms with E-state index in [-0.39, 0.29) is 12.5 Å². The monoisotopic (exact) mass is 225 g/mol. The Balaban J connectivity index is 2.77. The van der Waals surface area contributed by atoms with Crippen molar-refractivity contribution in [3.63, 3.8) is 0 Å². The third-order valence-electron chi connectivity index (χ3n) is 2.32. The summed E-state index contributed by atoms with van der Waals surface area (Å²) in [5.74, 6) is -1.28. The van der Waals surface area contributed by atoms with Crippen LogP contribution in [0.25, 0.3) is 0 Å². The van der Waals surface area contributed by atoms with Crippen molar-refractivity contribution in [2.45, 2.75) is 32.7 Å². The zero-order valence-electron chi connectivity index (χ0n) is 9.40. The van der Waals surface area contributed by atoms with E-state index in [0.29, 0.717) is 24.2 Å². The molecule has 0 amide bonds. The van der Waals surface area contributed by atoms with Gasteiger partial charge >= 0.3 is 11.9 Å². The Kier molecular flexibility index (Phi) is 4.22. The summed E-state index contributed by atoms with van der Waals surface area (Å²) >= 11 is 0. The summed E-state index contributed by atoms with van der Waals surface area (Å²) in [4.78, 5) is 26.1. The maximum atomic E-state index is 11.6. The summed E-state index contributed by atoms with van der Waals surface area (Å²) in [5.41, 5.74) is 1.16. The molecule has 1 N–H and O–H groups in total. The summed E-state index contributed by atoms with van der Waals surface area (Å²) in [6.07, 6.45) is 1.88. The van der Waals surface area contributed by atoms with Crippen LogP contribution in [0.15, 0.2) is 16.1 Å². The topological polar surface area (TPSA) is 76.0 Å². The molecule has 1 atom stereocenters. The Labute approximate surface area is 93.8 Å². The van der Waals surface area contributed by atoms with Crippen LogP contribution in [-0.2, 0) is 14.3 Å². The van der Waals surface area contributed by atoms with Crippen LogP contribution in [0.1, 0.15) is 26.7 Å². The number of carbonyl (C=O) groups excluding carboxylic acids is 1. The number of ether oxygens (including phenoxy) is 1. The van der Waals surface area contributed by atoms with Crippen molar-refractivity contribution < 1.29 is 19.4 Å². The number of hydrogen-bond acceptors (Lipinski definition) is 4. The van der Waals surface area contributed by atoms with Crippen molar-refractivity contribution in [1.82, 2.24) is 0 Å². The van der Waals surface area contributed by atoms with Gasteiger partial charge in [-0.25, -0.2) is 4.79 Å². The van der Waals surface area contributed by atoms with Crippen molar-refractivity contribution in [1.29, 1.82) is 0 Å². The predicted octanol–water partition coefficient (Wildman–Crippen LogP) is 1.18. The SMILES string of the molecule is CCOC(=O)C1=C(CCC(=O)O)C=N[C@H]1C. The first-order chi connectivity index (χ1) is 7.56. The Hall–Kier alpha value is -1.65. The molecular weight excluding hydrogens is 210 g/mol. The first kappa shape index (κ1) is 12.4. The molecule has 0 saturated heterocycles. The van der Waals surface area contributed by atoms with Gasteiger partial charge in [-0.2, -0.15) is 0 Å². The number of esters is 1. The van der Waals surface area contributed by atoms with Crippen LogP contribution in [0, 0.1) is 0 Å². The number of carbonyl (C=O) groups is 2. The first-order valence-corrected chi connectivity index (χ1v) is 5.21. The van der Waals surface area contributed by atoms with E-state index in [1.54, 1.807) is 20.1 Å². The molecule has 1 aliphatic heterocycles. The zero-order valence-corrected chi connectivity index (χ0v) is 9.40. The average Bonchev–Trinajstić information content (AvgIpc) is 2.57. The molecule has 0 radical (unpaired) electrons. The molecule has 0 unspecified atom stereocenters. The fourth-order valence-electron chi connectivity index (χ4n) is 1.57. The van der Waals surface area contributed by atoms with Crippen LogP contribution in [0.2, 0.25) is 0 Å². The van der Waals surface area contributed by atoms with E-state index in [0.717, 1.165) is 0 Å². The number of nitrogens with zero attached hydrogens (tertiary/aromatic N) is 1. The number of hydrogen-bond donors (Lipinski definition) is 1. The van der Waals surface area contributed by atoms with Gasteiger partial charge in [0.1, 0.15) is 0 Å². The molecule has 0 aromatic heterocycles. The maximum absolute atomic E-state index is 11.6. The Morgan fingerprint density at radius 2 is 2.25 bits per heavy atom. The number of rotatable bonds is 5. The molecule has 0 aromatic carbocycles. The number of allylic oxidation sites excluding steroid dienone is 1. The van der Waals surface area contributed by atoms with Crippen molar-refractivity contribution >= 4 is 18.2 Å². The van der Waals surface area contributed by atoms with Gasteiger partial charge in [-0.1, -0.05) is 0 Å². The summed E-state index contributed by atoms with van der Waals surface area (Å²) in [5, 5.41) is 8.58. The van der Waals surface area contributed by atoms with Crippen LogP contribution in [0.4, 0.5) is 0 Å². The molecule has 0 fully saturated rings. The highest BCUT2D eigenvalue weighted by atomic mass is 16.5. The van der Waals surface area contributed by atoms with E-state index < -0.39 is 11.9 Å². The van der Waals surface area contributed by atoms with Crippen molar-refractivity contribution in [3.05, 3.63) is 11.1 Å². The summed E-state index contributed by atoms with van der Waals surface area (Å²) in [7, 11) is 0. The highest BCUT2D eigenvalue weighted by Crippen LogP contribution is 2.22. The first-order valence-electron chi connectivity index (χ1n) is 5.21. The van der Waals surface area contributed by atoms with Gasteiger partial charge in [0.15, 0.2) is 0 Å². The molecule has 1 rings (SSSR count). The quantitative estimate of drug-likeness (QED) is 0.713. The molecule has 0 aromatic rings. The van der Waals surface area contributed by atoms with Crippen LogP contribution in [0.3, 0.4) is 0 Å². The Bertz CT molecular complexity index is 357. The lowest BCUT2D eigenvalue weighted by atomic mass is 10.0. The Morgan fingerprint density at radius 3 is 2.81 bits per heavy atom. The maximum Gasteiger partial charge on any atom is 0.336 e. The zero-order chi connectivity index (χ0) is 12.1. The summed E-state index contributed by atoms with van der Waals surface area (Å²) < 4.78 is 4.91. The summed E-state index contributed by atoms with van der Waals surface area (Å²) in [6.45, 7) is 3.83. The van der Waals surface area contributed by atoms with Crippen molar-refractivity contribution in [2.75, 3.05) is 6.61 Å². The second-order valence-electron chi connectivity index (χ2n) is 3.51. The van der Waals surface area contributed by atoms with Gasteiger partial charge in [0.25, 0.3) is 0 Å².